The summed E-state index contributed by atoms with van der Waals surface area (Å²) >= 11 is 6.22. The number of imide groups is 1. The van der Waals surface area contributed by atoms with Crippen molar-refractivity contribution >= 4 is 34.7 Å². The lowest BCUT2D eigenvalue weighted by Crippen LogP contribution is -2.34. The molecule has 1 aliphatic heterocycles. The minimum absolute atomic E-state index is 0.275. The zero-order valence-corrected chi connectivity index (χ0v) is 17.0. The molecule has 0 saturated heterocycles. The van der Waals surface area contributed by atoms with Gasteiger partial charge in [-0.1, -0.05) is 47.5 Å². The molecule has 2 aromatic carbocycles. The number of hydrogen-bond donors (Lipinski definition) is 1. The van der Waals surface area contributed by atoms with Gasteiger partial charge < -0.3 is 10.1 Å². The number of hydrogen-bond acceptors (Lipinski definition) is 4. The third kappa shape index (κ3) is 3.96. The molecule has 0 radical (unpaired) electrons. The van der Waals surface area contributed by atoms with Crippen molar-refractivity contribution in [1.29, 1.82) is 0 Å². The summed E-state index contributed by atoms with van der Waals surface area (Å²) in [5.41, 5.74) is 3.96. The highest BCUT2D eigenvalue weighted by Gasteiger charge is 2.39. The summed E-state index contributed by atoms with van der Waals surface area (Å²) in [6.45, 7) is 4.63. The Morgan fingerprint density at radius 2 is 1.75 bits per heavy atom. The molecule has 5 nitrogen and oxygen atoms in total. The van der Waals surface area contributed by atoms with Crippen molar-refractivity contribution in [1.82, 2.24) is 4.90 Å². The molecule has 6 heteroatoms. The van der Waals surface area contributed by atoms with Crippen LogP contribution in [0.2, 0.25) is 5.02 Å². The summed E-state index contributed by atoms with van der Waals surface area (Å²) in [4.78, 5) is 27.4. The van der Waals surface area contributed by atoms with Crippen LogP contribution >= 0.6 is 11.6 Å². The lowest BCUT2D eigenvalue weighted by Gasteiger charge is -2.15. The van der Waals surface area contributed by atoms with Gasteiger partial charge in [0.25, 0.3) is 11.8 Å². The first-order valence-electron chi connectivity index (χ1n) is 9.12. The van der Waals surface area contributed by atoms with Crippen molar-refractivity contribution in [3.05, 3.63) is 69.9 Å². The Kier molecular flexibility index (Phi) is 6.17. The Labute approximate surface area is 169 Å². The number of nitrogens with one attached hydrogen (secondary N) is 1. The van der Waals surface area contributed by atoms with E-state index < -0.39 is 0 Å². The summed E-state index contributed by atoms with van der Waals surface area (Å²) in [5, 5.41) is 3.76. The maximum Gasteiger partial charge on any atom is 0.278 e. The van der Waals surface area contributed by atoms with Gasteiger partial charge in [0.2, 0.25) is 0 Å². The van der Waals surface area contributed by atoms with E-state index in [4.69, 9.17) is 16.3 Å². The predicted molar refractivity (Wildman–Crippen MR) is 111 cm³/mol. The summed E-state index contributed by atoms with van der Waals surface area (Å²) in [5.74, 6) is -0.636. The van der Waals surface area contributed by atoms with E-state index >= 15 is 0 Å². The van der Waals surface area contributed by atoms with Crippen LogP contribution in [-0.4, -0.2) is 37.0 Å². The molecule has 0 bridgehead atoms. The summed E-state index contributed by atoms with van der Waals surface area (Å²) in [6.07, 6.45) is 0.582. The summed E-state index contributed by atoms with van der Waals surface area (Å²) < 4.78 is 5.06. The predicted octanol–water partition coefficient (Wildman–Crippen LogP) is 4.19. The van der Waals surface area contributed by atoms with Crippen molar-refractivity contribution in [3.63, 3.8) is 0 Å². The topological polar surface area (TPSA) is 58.6 Å². The normalized spacial score (nSPS) is 14.2. The molecule has 2 aromatic rings. The summed E-state index contributed by atoms with van der Waals surface area (Å²) in [7, 11) is 1.60. The smallest absolute Gasteiger partial charge is 0.278 e. The Morgan fingerprint density at radius 3 is 2.43 bits per heavy atom. The van der Waals surface area contributed by atoms with Gasteiger partial charge in [-0.2, -0.15) is 0 Å². The second-order valence-corrected chi connectivity index (χ2v) is 7.17. The van der Waals surface area contributed by atoms with Crippen molar-refractivity contribution < 1.29 is 14.3 Å². The molecule has 0 atom stereocenters. The molecule has 0 aromatic heterocycles. The summed E-state index contributed by atoms with van der Waals surface area (Å²) in [6, 6.07) is 13.0. The third-order valence-corrected chi connectivity index (χ3v) is 5.18. The van der Waals surface area contributed by atoms with Crippen molar-refractivity contribution in [2.45, 2.75) is 20.3 Å². The monoisotopic (exact) mass is 398 g/mol. The minimum Gasteiger partial charge on any atom is -0.385 e. The fourth-order valence-corrected chi connectivity index (χ4v) is 3.30. The van der Waals surface area contributed by atoms with Crippen LogP contribution in [0.1, 0.15) is 23.1 Å². The van der Waals surface area contributed by atoms with E-state index in [1.165, 1.54) is 4.90 Å². The number of halogens is 1. The first kappa shape index (κ1) is 20.1. The molecule has 0 aliphatic carbocycles. The largest absolute Gasteiger partial charge is 0.385 e. The highest BCUT2D eigenvalue weighted by Crippen LogP contribution is 2.32. The first-order valence-corrected chi connectivity index (χ1v) is 9.50. The average molecular weight is 399 g/mol. The molecule has 1 aliphatic rings. The maximum atomic E-state index is 13.1. The Hall–Kier alpha value is -2.63. The fraction of sp³-hybridized carbons (Fsp3) is 0.273. The number of benzene rings is 2. The zero-order chi connectivity index (χ0) is 20.3. The Morgan fingerprint density at radius 1 is 1.04 bits per heavy atom. The van der Waals surface area contributed by atoms with Crippen LogP contribution < -0.4 is 5.32 Å². The quantitative estimate of drug-likeness (QED) is 0.561. The fourth-order valence-electron chi connectivity index (χ4n) is 3.13. The first-order chi connectivity index (χ1) is 13.4. The molecule has 3 rings (SSSR count). The van der Waals surface area contributed by atoms with E-state index in [-0.39, 0.29) is 17.5 Å². The van der Waals surface area contributed by atoms with E-state index in [1.54, 1.807) is 19.2 Å². The molecule has 2 amide bonds. The molecule has 0 fully saturated rings. The van der Waals surface area contributed by atoms with Crippen molar-refractivity contribution in [2.75, 3.05) is 25.6 Å². The van der Waals surface area contributed by atoms with Gasteiger partial charge >= 0.3 is 0 Å². The van der Waals surface area contributed by atoms with Gasteiger partial charge in [0.15, 0.2) is 0 Å². The van der Waals surface area contributed by atoms with E-state index in [2.05, 4.69) is 5.32 Å². The zero-order valence-electron chi connectivity index (χ0n) is 16.2. The van der Waals surface area contributed by atoms with Crippen LogP contribution in [0.25, 0.3) is 5.57 Å². The SMILES string of the molecule is COCCCN1C(=O)C(Nc2cccc(Cl)c2C)=C(c2ccc(C)cc2)C1=O. The van der Waals surface area contributed by atoms with Gasteiger partial charge in [0.05, 0.1) is 5.57 Å². The number of anilines is 1. The lowest BCUT2D eigenvalue weighted by atomic mass is 10.0. The van der Waals surface area contributed by atoms with Crippen molar-refractivity contribution in [2.24, 2.45) is 0 Å². The Balaban J connectivity index is 2.03. The van der Waals surface area contributed by atoms with E-state index in [0.717, 1.165) is 11.1 Å². The van der Waals surface area contributed by atoms with Crippen LogP contribution in [0.3, 0.4) is 0 Å². The van der Waals surface area contributed by atoms with Gasteiger partial charge in [0, 0.05) is 31.0 Å². The molecule has 146 valence electrons. The van der Waals surface area contributed by atoms with Gasteiger partial charge in [-0.25, -0.2) is 0 Å². The average Bonchev–Trinajstić information content (AvgIpc) is 2.90. The number of rotatable bonds is 7. The van der Waals surface area contributed by atoms with Crippen LogP contribution in [0.4, 0.5) is 5.69 Å². The number of methoxy groups -OCH3 is 1. The highest BCUT2D eigenvalue weighted by molar-refractivity contribution is 6.36. The van der Waals surface area contributed by atoms with Crippen LogP contribution in [0.15, 0.2) is 48.2 Å². The van der Waals surface area contributed by atoms with Crippen molar-refractivity contribution in [3.8, 4) is 0 Å². The third-order valence-electron chi connectivity index (χ3n) is 4.77. The van der Waals surface area contributed by atoms with Crippen LogP contribution in [0.5, 0.6) is 0 Å². The molecule has 1 N–H and O–H groups in total. The number of carbonyl (C=O) groups is 2. The molecule has 0 spiro atoms. The second kappa shape index (κ2) is 8.59. The maximum absolute atomic E-state index is 13.1. The van der Waals surface area contributed by atoms with E-state index in [0.29, 0.717) is 41.4 Å². The van der Waals surface area contributed by atoms with Gasteiger partial charge in [-0.15, -0.1) is 0 Å². The molecule has 1 heterocycles. The second-order valence-electron chi connectivity index (χ2n) is 6.76. The van der Waals surface area contributed by atoms with Gasteiger partial charge in [0.1, 0.15) is 5.70 Å². The number of ether oxygens (including phenoxy) is 1. The van der Waals surface area contributed by atoms with Crippen LogP contribution in [0, 0.1) is 13.8 Å². The molecular weight excluding hydrogens is 376 g/mol. The number of amides is 2. The highest BCUT2D eigenvalue weighted by atomic mass is 35.5. The number of carbonyl (C=O) groups excluding carboxylic acids is 2. The Bertz CT molecular complexity index is 935. The molecule has 28 heavy (non-hydrogen) atoms. The molecule has 0 saturated carbocycles. The standard InChI is InChI=1S/C22H23ClN2O3/c1-14-8-10-16(11-9-14)19-20(24-18-7-4-6-17(23)15(18)2)22(27)25(21(19)26)12-5-13-28-3/h4,6-11,24H,5,12-13H2,1-3H3. The number of nitrogens with zero attached hydrogens (tertiary/aromatic N) is 1. The lowest BCUT2D eigenvalue weighted by molar-refractivity contribution is -0.136. The minimum atomic E-state index is -0.337. The molecular formula is C22H23ClN2O3. The van der Waals surface area contributed by atoms with E-state index in [1.807, 2.05) is 44.2 Å². The van der Waals surface area contributed by atoms with Crippen LogP contribution in [-0.2, 0) is 14.3 Å². The number of aryl methyl sites for hydroxylation is 1. The van der Waals surface area contributed by atoms with Gasteiger partial charge in [-0.3, -0.25) is 14.5 Å². The van der Waals surface area contributed by atoms with Gasteiger partial charge in [-0.05, 0) is 43.5 Å². The molecule has 0 unspecified atom stereocenters. The van der Waals surface area contributed by atoms with E-state index in [9.17, 15) is 9.59 Å².